The van der Waals surface area contributed by atoms with Crippen LogP contribution in [0.2, 0.25) is 5.02 Å². The van der Waals surface area contributed by atoms with Gasteiger partial charge in [0, 0.05) is 0 Å². The average Bonchev–Trinajstić information content (AvgIpc) is 2.40. The Morgan fingerprint density at radius 1 is 1.05 bits per heavy atom. The maximum atomic E-state index is 12.5. The summed E-state index contributed by atoms with van der Waals surface area (Å²) in [5.41, 5.74) is -0.795. The number of hydrogen-bond donors (Lipinski definition) is 0. The van der Waals surface area contributed by atoms with E-state index >= 15 is 0 Å². The van der Waals surface area contributed by atoms with Crippen LogP contribution in [0.4, 0.5) is 13.2 Å². The number of hydrogen-bond acceptors (Lipinski definition) is 2. The monoisotopic (exact) mass is 334 g/mol. The summed E-state index contributed by atoms with van der Waals surface area (Å²) in [4.78, 5) is 11.2. The molecule has 2 aromatic carbocycles. The van der Waals surface area contributed by atoms with E-state index in [2.05, 4.69) is 0 Å². The Labute approximate surface area is 128 Å². The molecule has 2 rings (SSSR count). The third-order valence-corrected chi connectivity index (χ3v) is 3.08. The third kappa shape index (κ3) is 3.68. The van der Waals surface area contributed by atoms with Crippen LogP contribution in [-0.4, -0.2) is 5.24 Å². The molecule has 0 atom stereocenters. The summed E-state index contributed by atoms with van der Waals surface area (Å²) in [5, 5.41) is -0.963. The van der Waals surface area contributed by atoms with Crippen LogP contribution in [0.3, 0.4) is 0 Å². The lowest BCUT2D eigenvalue weighted by Crippen LogP contribution is -2.04. The Balaban J connectivity index is 2.35. The van der Waals surface area contributed by atoms with E-state index in [9.17, 15) is 18.0 Å². The van der Waals surface area contributed by atoms with Crippen molar-refractivity contribution in [1.29, 1.82) is 0 Å². The fraction of sp³-hybridized carbons (Fsp3) is 0.0714. The van der Waals surface area contributed by atoms with E-state index in [1.54, 1.807) is 12.1 Å². The minimum absolute atomic E-state index is 0.00460. The number of carbonyl (C=O) groups excluding carboxylic acids is 1. The summed E-state index contributed by atoms with van der Waals surface area (Å²) in [6.45, 7) is 0. The van der Waals surface area contributed by atoms with Crippen molar-refractivity contribution in [2.75, 3.05) is 0 Å². The molecule has 0 unspecified atom stereocenters. The van der Waals surface area contributed by atoms with Gasteiger partial charge in [-0.3, -0.25) is 4.79 Å². The van der Waals surface area contributed by atoms with Crippen molar-refractivity contribution in [2.24, 2.45) is 0 Å². The highest BCUT2D eigenvalue weighted by Gasteiger charge is 2.31. The summed E-state index contributed by atoms with van der Waals surface area (Å²) in [6.07, 6.45) is -4.49. The molecule has 0 saturated carbocycles. The quantitative estimate of drug-likeness (QED) is 0.690. The van der Waals surface area contributed by atoms with Crippen LogP contribution < -0.4 is 4.74 Å². The van der Waals surface area contributed by atoms with Gasteiger partial charge < -0.3 is 4.74 Å². The highest BCUT2D eigenvalue weighted by Crippen LogP contribution is 2.37. The van der Waals surface area contributed by atoms with Crippen molar-refractivity contribution in [3.63, 3.8) is 0 Å². The molecule has 0 fully saturated rings. The number of halogens is 5. The molecule has 2 aromatic rings. The first-order chi connectivity index (χ1) is 9.79. The summed E-state index contributed by atoms with van der Waals surface area (Å²) in [6, 6.07) is 8.74. The van der Waals surface area contributed by atoms with Gasteiger partial charge in [-0.1, -0.05) is 23.7 Å². The normalized spacial score (nSPS) is 11.3. The first-order valence-corrected chi connectivity index (χ1v) is 6.38. The summed E-state index contributed by atoms with van der Waals surface area (Å²) in [5.74, 6) is 0.106. The van der Waals surface area contributed by atoms with E-state index in [1.165, 1.54) is 12.1 Å². The number of rotatable bonds is 3. The number of carbonyl (C=O) groups is 1. The maximum Gasteiger partial charge on any atom is 0.416 e. The summed E-state index contributed by atoms with van der Waals surface area (Å²) >= 11 is 11.2. The Morgan fingerprint density at radius 3 is 2.29 bits per heavy atom. The molecule has 2 nitrogen and oxygen atoms in total. The van der Waals surface area contributed by atoms with Crippen molar-refractivity contribution < 1.29 is 22.7 Å². The summed E-state index contributed by atoms with van der Waals surface area (Å²) in [7, 11) is 0. The van der Waals surface area contributed by atoms with Gasteiger partial charge in [-0.2, -0.15) is 13.2 Å². The van der Waals surface area contributed by atoms with E-state index in [-0.39, 0.29) is 22.1 Å². The molecule has 0 spiro atoms. The molecular formula is C14H7Cl2F3O2. The van der Waals surface area contributed by atoms with Crippen LogP contribution in [0.25, 0.3) is 0 Å². The van der Waals surface area contributed by atoms with Crippen molar-refractivity contribution in [2.45, 2.75) is 6.18 Å². The van der Waals surface area contributed by atoms with Crippen molar-refractivity contribution in [1.82, 2.24) is 0 Å². The molecule has 0 aliphatic heterocycles. The highest BCUT2D eigenvalue weighted by molar-refractivity contribution is 6.68. The lowest BCUT2D eigenvalue weighted by atomic mass is 10.2. The number of para-hydroxylation sites is 1. The van der Waals surface area contributed by atoms with Gasteiger partial charge in [0.05, 0.1) is 16.1 Å². The third-order valence-electron chi connectivity index (χ3n) is 2.58. The van der Waals surface area contributed by atoms with Gasteiger partial charge in [0.2, 0.25) is 0 Å². The SMILES string of the molecule is O=C(Cl)c1ccccc1Oc1ccc(C(F)(F)F)cc1Cl. The first kappa shape index (κ1) is 15.7. The zero-order valence-electron chi connectivity index (χ0n) is 10.2. The van der Waals surface area contributed by atoms with Gasteiger partial charge in [0.25, 0.3) is 5.24 Å². The molecule has 0 saturated heterocycles. The minimum Gasteiger partial charge on any atom is -0.455 e. The van der Waals surface area contributed by atoms with Gasteiger partial charge >= 0.3 is 6.18 Å². The Kier molecular flexibility index (Phi) is 4.44. The zero-order valence-corrected chi connectivity index (χ0v) is 11.8. The standard InChI is InChI=1S/C14H7Cl2F3O2/c15-10-7-8(14(17,18)19)5-6-12(10)21-11-4-2-1-3-9(11)13(16)20/h1-7H. The van der Waals surface area contributed by atoms with Crippen LogP contribution >= 0.6 is 23.2 Å². The van der Waals surface area contributed by atoms with E-state index in [0.29, 0.717) is 0 Å². The van der Waals surface area contributed by atoms with Crippen molar-refractivity contribution >= 4 is 28.4 Å². The zero-order chi connectivity index (χ0) is 15.6. The minimum atomic E-state index is -4.49. The molecular weight excluding hydrogens is 328 g/mol. The van der Waals surface area contributed by atoms with Gasteiger partial charge in [-0.05, 0) is 41.9 Å². The average molecular weight is 335 g/mol. The van der Waals surface area contributed by atoms with Gasteiger partial charge in [-0.15, -0.1) is 0 Å². The number of ether oxygens (including phenoxy) is 1. The topological polar surface area (TPSA) is 26.3 Å². The van der Waals surface area contributed by atoms with E-state index in [0.717, 1.165) is 18.2 Å². The molecule has 110 valence electrons. The van der Waals surface area contributed by atoms with Crippen LogP contribution in [0.5, 0.6) is 11.5 Å². The van der Waals surface area contributed by atoms with E-state index in [1.807, 2.05) is 0 Å². The van der Waals surface area contributed by atoms with Crippen molar-refractivity contribution in [3.05, 3.63) is 58.6 Å². The maximum absolute atomic E-state index is 12.5. The number of alkyl halides is 3. The molecule has 0 aliphatic rings. The predicted octanol–water partition coefficient (Wildman–Crippen LogP) is 5.53. The fourth-order valence-corrected chi connectivity index (χ4v) is 1.97. The predicted molar refractivity (Wildman–Crippen MR) is 73.2 cm³/mol. The Morgan fingerprint density at radius 2 is 1.71 bits per heavy atom. The second kappa shape index (κ2) is 5.95. The van der Waals surface area contributed by atoms with E-state index in [4.69, 9.17) is 27.9 Å². The lowest BCUT2D eigenvalue weighted by Gasteiger charge is -2.12. The molecule has 21 heavy (non-hydrogen) atoms. The second-order valence-electron chi connectivity index (χ2n) is 4.01. The first-order valence-electron chi connectivity index (χ1n) is 5.62. The molecule has 0 bridgehead atoms. The highest BCUT2D eigenvalue weighted by atomic mass is 35.5. The largest absolute Gasteiger partial charge is 0.455 e. The van der Waals surface area contributed by atoms with Crippen LogP contribution in [0.15, 0.2) is 42.5 Å². The smallest absolute Gasteiger partial charge is 0.416 e. The molecule has 0 heterocycles. The molecule has 0 aromatic heterocycles. The van der Waals surface area contributed by atoms with Gasteiger partial charge in [-0.25, -0.2) is 0 Å². The summed E-state index contributed by atoms with van der Waals surface area (Å²) < 4.78 is 43.0. The molecule has 0 amide bonds. The molecule has 0 radical (unpaired) electrons. The lowest BCUT2D eigenvalue weighted by molar-refractivity contribution is -0.137. The fourth-order valence-electron chi connectivity index (χ4n) is 1.60. The van der Waals surface area contributed by atoms with Crippen molar-refractivity contribution in [3.8, 4) is 11.5 Å². The number of benzene rings is 2. The van der Waals surface area contributed by atoms with E-state index < -0.39 is 17.0 Å². The molecule has 7 heteroatoms. The van der Waals surface area contributed by atoms with Crippen LogP contribution in [0, 0.1) is 0 Å². The Hall–Kier alpha value is -1.72. The van der Waals surface area contributed by atoms with Gasteiger partial charge in [0.1, 0.15) is 11.5 Å². The van der Waals surface area contributed by atoms with Crippen LogP contribution in [0.1, 0.15) is 15.9 Å². The molecule has 0 aliphatic carbocycles. The Bertz CT molecular complexity index is 684. The second-order valence-corrected chi connectivity index (χ2v) is 4.77. The van der Waals surface area contributed by atoms with Crippen LogP contribution in [-0.2, 0) is 6.18 Å². The molecule has 0 N–H and O–H groups in total. The van der Waals surface area contributed by atoms with Gasteiger partial charge in [0.15, 0.2) is 0 Å².